The van der Waals surface area contributed by atoms with Gasteiger partial charge in [-0.2, -0.15) is 0 Å². The predicted octanol–water partition coefficient (Wildman–Crippen LogP) is 2.77. The summed E-state index contributed by atoms with van der Waals surface area (Å²) in [6, 6.07) is 0. The second-order valence-electron chi connectivity index (χ2n) is 5.93. The van der Waals surface area contributed by atoms with Crippen molar-refractivity contribution >= 4 is 18.3 Å². The average Bonchev–Trinajstić information content (AvgIpc) is 2.98. The lowest BCUT2D eigenvalue weighted by molar-refractivity contribution is -0.123. The highest BCUT2D eigenvalue weighted by Gasteiger charge is 2.33. The quantitative estimate of drug-likeness (QED) is 0.810. The summed E-state index contributed by atoms with van der Waals surface area (Å²) < 4.78 is 0. The molecule has 2 fully saturated rings. The zero-order chi connectivity index (χ0) is 12.1. The summed E-state index contributed by atoms with van der Waals surface area (Å²) in [5, 5.41) is 3.20. The van der Waals surface area contributed by atoms with Crippen LogP contribution in [0.15, 0.2) is 0 Å². The highest BCUT2D eigenvalue weighted by molar-refractivity contribution is 5.85. The van der Waals surface area contributed by atoms with Gasteiger partial charge in [-0.05, 0) is 25.2 Å². The molecule has 0 spiro atoms. The zero-order valence-corrected chi connectivity index (χ0v) is 12.1. The first-order valence-corrected chi connectivity index (χ1v) is 7.25. The van der Waals surface area contributed by atoms with Crippen molar-refractivity contribution in [3.8, 4) is 0 Å². The van der Waals surface area contributed by atoms with Crippen molar-refractivity contribution in [1.29, 1.82) is 0 Å². The molecule has 0 bridgehead atoms. The second kappa shape index (κ2) is 7.34. The van der Waals surface area contributed by atoms with Crippen LogP contribution in [-0.2, 0) is 4.79 Å². The van der Waals surface area contributed by atoms with E-state index < -0.39 is 0 Å². The van der Waals surface area contributed by atoms with Crippen LogP contribution < -0.4 is 11.1 Å². The molecule has 0 atom stereocenters. The first-order valence-electron chi connectivity index (χ1n) is 7.25. The third kappa shape index (κ3) is 4.13. The molecule has 0 unspecified atom stereocenters. The van der Waals surface area contributed by atoms with Gasteiger partial charge in [-0.15, -0.1) is 12.4 Å². The highest BCUT2D eigenvalue weighted by atomic mass is 35.5. The summed E-state index contributed by atoms with van der Waals surface area (Å²) in [5.41, 5.74) is 5.76. The summed E-state index contributed by atoms with van der Waals surface area (Å²) in [7, 11) is 0. The SMILES string of the molecule is Cl.NCC1(NC(=O)CCC2CCCC2)CCCC1. The van der Waals surface area contributed by atoms with E-state index in [1.54, 1.807) is 0 Å². The summed E-state index contributed by atoms with van der Waals surface area (Å²) in [6.45, 7) is 0.599. The molecule has 4 heteroatoms. The van der Waals surface area contributed by atoms with Crippen LogP contribution in [0.1, 0.15) is 64.2 Å². The molecule has 0 aromatic rings. The van der Waals surface area contributed by atoms with Crippen molar-refractivity contribution in [2.24, 2.45) is 11.7 Å². The van der Waals surface area contributed by atoms with Gasteiger partial charge in [-0.1, -0.05) is 38.5 Å². The van der Waals surface area contributed by atoms with E-state index in [2.05, 4.69) is 5.32 Å². The van der Waals surface area contributed by atoms with Crippen LogP contribution in [0.4, 0.5) is 0 Å². The average molecular weight is 275 g/mol. The van der Waals surface area contributed by atoms with Gasteiger partial charge < -0.3 is 11.1 Å². The first-order chi connectivity index (χ1) is 8.24. The Morgan fingerprint density at radius 2 is 1.78 bits per heavy atom. The van der Waals surface area contributed by atoms with Crippen molar-refractivity contribution in [3.63, 3.8) is 0 Å². The van der Waals surface area contributed by atoms with E-state index in [4.69, 9.17) is 5.73 Å². The summed E-state index contributed by atoms with van der Waals surface area (Å²) in [5.74, 6) is 1.03. The number of hydrogen-bond donors (Lipinski definition) is 2. The number of rotatable bonds is 5. The highest BCUT2D eigenvalue weighted by Crippen LogP contribution is 2.30. The molecule has 2 rings (SSSR count). The third-order valence-corrected chi connectivity index (χ3v) is 4.61. The molecule has 1 amide bonds. The maximum Gasteiger partial charge on any atom is 0.220 e. The van der Waals surface area contributed by atoms with Crippen LogP contribution >= 0.6 is 12.4 Å². The van der Waals surface area contributed by atoms with E-state index in [0.29, 0.717) is 13.0 Å². The Bertz CT molecular complexity index is 259. The molecule has 0 aromatic heterocycles. The van der Waals surface area contributed by atoms with E-state index in [-0.39, 0.29) is 23.9 Å². The molecular formula is C14H27ClN2O. The predicted molar refractivity (Wildman–Crippen MR) is 76.8 cm³/mol. The number of amides is 1. The number of hydrogen-bond acceptors (Lipinski definition) is 2. The van der Waals surface area contributed by atoms with Gasteiger partial charge in [0.25, 0.3) is 0 Å². The van der Waals surface area contributed by atoms with Crippen molar-refractivity contribution in [2.45, 2.75) is 69.7 Å². The zero-order valence-electron chi connectivity index (χ0n) is 11.2. The number of carbonyl (C=O) groups excluding carboxylic acids is 1. The van der Waals surface area contributed by atoms with E-state index in [1.807, 2.05) is 0 Å². The normalized spacial score (nSPS) is 22.7. The van der Waals surface area contributed by atoms with Gasteiger partial charge in [-0.3, -0.25) is 4.79 Å². The van der Waals surface area contributed by atoms with Gasteiger partial charge in [0.05, 0.1) is 5.54 Å². The molecule has 2 aliphatic rings. The number of nitrogens with one attached hydrogen (secondary N) is 1. The summed E-state index contributed by atoms with van der Waals surface area (Å²) in [6.07, 6.45) is 11.7. The Labute approximate surface area is 117 Å². The van der Waals surface area contributed by atoms with E-state index >= 15 is 0 Å². The van der Waals surface area contributed by atoms with Crippen LogP contribution in [0, 0.1) is 5.92 Å². The van der Waals surface area contributed by atoms with E-state index in [1.165, 1.54) is 38.5 Å². The minimum atomic E-state index is -0.0627. The molecule has 2 aliphatic carbocycles. The second-order valence-corrected chi connectivity index (χ2v) is 5.93. The van der Waals surface area contributed by atoms with Crippen molar-refractivity contribution < 1.29 is 4.79 Å². The summed E-state index contributed by atoms with van der Waals surface area (Å²) >= 11 is 0. The Morgan fingerprint density at radius 3 is 2.33 bits per heavy atom. The van der Waals surface area contributed by atoms with Crippen LogP contribution in [-0.4, -0.2) is 18.0 Å². The third-order valence-electron chi connectivity index (χ3n) is 4.61. The maximum atomic E-state index is 12.0. The van der Waals surface area contributed by atoms with E-state index in [0.717, 1.165) is 25.2 Å². The van der Waals surface area contributed by atoms with E-state index in [9.17, 15) is 4.79 Å². The molecule has 106 valence electrons. The Balaban J connectivity index is 0.00000162. The molecule has 3 nitrogen and oxygen atoms in total. The van der Waals surface area contributed by atoms with Gasteiger partial charge in [0, 0.05) is 13.0 Å². The van der Waals surface area contributed by atoms with Gasteiger partial charge >= 0.3 is 0 Å². The summed E-state index contributed by atoms with van der Waals surface area (Å²) in [4.78, 5) is 12.0. The van der Waals surface area contributed by atoms with Gasteiger partial charge in [-0.25, -0.2) is 0 Å². The molecule has 0 aliphatic heterocycles. The molecular weight excluding hydrogens is 248 g/mol. The molecule has 3 N–H and O–H groups in total. The Morgan fingerprint density at radius 1 is 1.17 bits per heavy atom. The minimum absolute atomic E-state index is 0. The van der Waals surface area contributed by atoms with Gasteiger partial charge in [0.2, 0.25) is 5.91 Å². The lowest BCUT2D eigenvalue weighted by Gasteiger charge is -2.29. The standard InChI is InChI=1S/C14H26N2O.ClH/c15-11-14(9-3-4-10-14)16-13(17)8-7-12-5-1-2-6-12;/h12H,1-11,15H2,(H,16,17);1H. The monoisotopic (exact) mass is 274 g/mol. The molecule has 0 aromatic carbocycles. The lowest BCUT2D eigenvalue weighted by Crippen LogP contribution is -2.51. The largest absolute Gasteiger partial charge is 0.349 e. The number of halogens is 1. The lowest BCUT2D eigenvalue weighted by atomic mass is 9.96. The minimum Gasteiger partial charge on any atom is -0.349 e. The smallest absolute Gasteiger partial charge is 0.220 e. The van der Waals surface area contributed by atoms with Crippen LogP contribution in [0.5, 0.6) is 0 Å². The molecule has 0 radical (unpaired) electrons. The topological polar surface area (TPSA) is 55.1 Å². The van der Waals surface area contributed by atoms with Crippen molar-refractivity contribution in [3.05, 3.63) is 0 Å². The molecule has 18 heavy (non-hydrogen) atoms. The van der Waals surface area contributed by atoms with Crippen LogP contribution in [0.25, 0.3) is 0 Å². The Kier molecular flexibility index (Phi) is 6.44. The molecule has 0 heterocycles. The molecule has 0 saturated heterocycles. The van der Waals surface area contributed by atoms with Crippen molar-refractivity contribution in [2.75, 3.05) is 6.54 Å². The fourth-order valence-electron chi connectivity index (χ4n) is 3.42. The van der Waals surface area contributed by atoms with Crippen LogP contribution in [0.3, 0.4) is 0 Å². The maximum absolute atomic E-state index is 12.0. The van der Waals surface area contributed by atoms with Crippen LogP contribution in [0.2, 0.25) is 0 Å². The van der Waals surface area contributed by atoms with Crippen molar-refractivity contribution in [1.82, 2.24) is 5.32 Å². The first kappa shape index (κ1) is 15.8. The van der Waals surface area contributed by atoms with Gasteiger partial charge in [0.1, 0.15) is 0 Å². The fraction of sp³-hybridized carbons (Fsp3) is 0.929. The molecule has 2 saturated carbocycles. The number of nitrogens with two attached hydrogens (primary N) is 1. The van der Waals surface area contributed by atoms with Gasteiger partial charge in [0.15, 0.2) is 0 Å². The number of carbonyl (C=O) groups is 1. The Hall–Kier alpha value is -0.280. The fourth-order valence-corrected chi connectivity index (χ4v) is 3.42.